The van der Waals surface area contributed by atoms with Crippen molar-refractivity contribution in [3.63, 3.8) is 0 Å². The van der Waals surface area contributed by atoms with Crippen LogP contribution in [0.3, 0.4) is 0 Å². The van der Waals surface area contributed by atoms with E-state index in [0.717, 1.165) is 11.1 Å². The zero-order chi connectivity index (χ0) is 21.1. The molecule has 30 heavy (non-hydrogen) atoms. The molecule has 8 heteroatoms. The molecule has 0 aliphatic carbocycles. The number of anilines is 1. The van der Waals surface area contributed by atoms with Gasteiger partial charge in [0.05, 0.1) is 35.9 Å². The number of hydrogen-bond donors (Lipinski definition) is 4. The molecule has 0 spiro atoms. The predicted octanol–water partition coefficient (Wildman–Crippen LogP) is 3.19. The molecule has 150 valence electrons. The first kappa shape index (κ1) is 19.4. The molecule has 0 bridgehead atoms. The smallest absolute Gasteiger partial charge is 0.261 e. The Morgan fingerprint density at radius 2 is 2.20 bits per heavy atom. The first-order chi connectivity index (χ1) is 14.6. The highest BCUT2D eigenvalue weighted by atomic mass is 16.3. The van der Waals surface area contributed by atoms with E-state index in [1.165, 1.54) is 0 Å². The Morgan fingerprint density at radius 3 is 2.93 bits per heavy atom. The minimum atomic E-state index is -0.311. The van der Waals surface area contributed by atoms with E-state index < -0.39 is 0 Å². The first-order valence-electron chi connectivity index (χ1n) is 9.45. The lowest BCUT2D eigenvalue weighted by Crippen LogP contribution is -2.28. The summed E-state index contributed by atoms with van der Waals surface area (Å²) >= 11 is 0. The molecule has 0 aliphatic heterocycles. The maximum Gasteiger partial charge on any atom is 0.261 e. The van der Waals surface area contributed by atoms with Crippen molar-refractivity contribution in [2.75, 3.05) is 11.9 Å². The maximum absolute atomic E-state index is 12.7. The standard InChI is InChI=1S/C22H20N6O2/c1-13-8-15(23-2)10-18-20(13)28-21(27-18)19-17(5-7-25-22(19)30)26-16(12-29)9-14-4-3-6-24-11-14/h3-8,10-11,16,29H,9,12H2,1H3,(H,27,28)(H2,25,26,30)/t16-/m0/s1. The van der Waals surface area contributed by atoms with Gasteiger partial charge in [0.25, 0.3) is 5.56 Å². The van der Waals surface area contributed by atoms with E-state index in [-0.39, 0.29) is 18.2 Å². The summed E-state index contributed by atoms with van der Waals surface area (Å²) in [5.41, 5.74) is 4.34. The van der Waals surface area contributed by atoms with Crippen molar-refractivity contribution in [1.82, 2.24) is 19.9 Å². The van der Waals surface area contributed by atoms with Crippen LogP contribution in [0, 0.1) is 13.5 Å². The third-order valence-corrected chi connectivity index (χ3v) is 4.87. The van der Waals surface area contributed by atoms with Crippen molar-refractivity contribution in [2.24, 2.45) is 0 Å². The fourth-order valence-electron chi connectivity index (χ4n) is 3.47. The molecule has 4 rings (SSSR count). The van der Waals surface area contributed by atoms with Gasteiger partial charge in [0, 0.05) is 18.6 Å². The van der Waals surface area contributed by atoms with Crippen LogP contribution >= 0.6 is 0 Å². The number of aromatic amines is 2. The van der Waals surface area contributed by atoms with Crippen LogP contribution in [-0.4, -0.2) is 37.7 Å². The van der Waals surface area contributed by atoms with Crippen molar-refractivity contribution in [3.05, 3.63) is 81.8 Å². The fourth-order valence-corrected chi connectivity index (χ4v) is 3.47. The number of hydrogen-bond acceptors (Lipinski definition) is 5. The normalized spacial score (nSPS) is 11.9. The number of aliphatic hydroxyl groups is 1. The van der Waals surface area contributed by atoms with E-state index in [9.17, 15) is 9.90 Å². The number of aryl methyl sites for hydroxylation is 1. The number of aromatic nitrogens is 4. The zero-order valence-electron chi connectivity index (χ0n) is 16.3. The molecule has 3 aromatic heterocycles. The van der Waals surface area contributed by atoms with Crippen LogP contribution in [0.15, 0.2) is 53.7 Å². The molecule has 0 unspecified atom stereocenters. The number of aliphatic hydroxyl groups excluding tert-OH is 1. The van der Waals surface area contributed by atoms with E-state index in [0.29, 0.717) is 40.2 Å². The van der Waals surface area contributed by atoms with E-state index in [4.69, 9.17) is 6.57 Å². The van der Waals surface area contributed by atoms with Crippen LogP contribution in [0.2, 0.25) is 0 Å². The largest absolute Gasteiger partial charge is 0.394 e. The van der Waals surface area contributed by atoms with Gasteiger partial charge in [0.2, 0.25) is 0 Å². The number of pyridine rings is 2. The molecule has 4 N–H and O–H groups in total. The zero-order valence-corrected chi connectivity index (χ0v) is 16.3. The SMILES string of the molecule is [C-]#[N+]c1cc(C)c2nc(-c3c(N[C@H](CO)Cc4cccnc4)cc[nH]c3=O)[nH]c2c1. The minimum absolute atomic E-state index is 0.116. The summed E-state index contributed by atoms with van der Waals surface area (Å²) in [6.07, 6.45) is 5.55. The molecule has 0 radical (unpaired) electrons. The highest BCUT2D eigenvalue weighted by Crippen LogP contribution is 2.29. The van der Waals surface area contributed by atoms with Crippen LogP contribution in [0.25, 0.3) is 27.3 Å². The quantitative estimate of drug-likeness (QED) is 0.372. The van der Waals surface area contributed by atoms with Gasteiger partial charge in [-0.2, -0.15) is 0 Å². The van der Waals surface area contributed by atoms with Crippen molar-refractivity contribution in [2.45, 2.75) is 19.4 Å². The van der Waals surface area contributed by atoms with Crippen molar-refractivity contribution < 1.29 is 5.11 Å². The lowest BCUT2D eigenvalue weighted by Gasteiger charge is -2.19. The summed E-state index contributed by atoms with van der Waals surface area (Å²) < 4.78 is 0. The Bertz CT molecular complexity index is 1290. The molecule has 0 amide bonds. The minimum Gasteiger partial charge on any atom is -0.394 e. The number of benzene rings is 1. The van der Waals surface area contributed by atoms with Gasteiger partial charge in [-0.15, -0.1) is 0 Å². The van der Waals surface area contributed by atoms with Gasteiger partial charge in [-0.25, -0.2) is 9.83 Å². The lowest BCUT2D eigenvalue weighted by molar-refractivity contribution is 0.273. The Labute approximate surface area is 172 Å². The van der Waals surface area contributed by atoms with E-state index in [1.54, 1.807) is 36.8 Å². The van der Waals surface area contributed by atoms with Crippen LogP contribution in [0.4, 0.5) is 11.4 Å². The molecule has 0 aliphatic rings. The highest BCUT2D eigenvalue weighted by molar-refractivity contribution is 5.87. The molecule has 0 saturated heterocycles. The average Bonchev–Trinajstić information content (AvgIpc) is 3.18. The van der Waals surface area contributed by atoms with E-state index in [1.807, 2.05) is 19.1 Å². The Hall–Kier alpha value is -3.96. The van der Waals surface area contributed by atoms with Crippen LogP contribution in [-0.2, 0) is 6.42 Å². The second kappa shape index (κ2) is 8.19. The molecule has 1 aromatic carbocycles. The molecule has 4 aromatic rings. The van der Waals surface area contributed by atoms with Gasteiger partial charge >= 0.3 is 0 Å². The van der Waals surface area contributed by atoms with Gasteiger partial charge in [-0.1, -0.05) is 12.1 Å². The number of fused-ring (bicyclic) bond motifs is 1. The summed E-state index contributed by atoms with van der Waals surface area (Å²) in [5.74, 6) is 0.401. The number of nitrogens with one attached hydrogen (secondary N) is 3. The molecular weight excluding hydrogens is 380 g/mol. The summed E-state index contributed by atoms with van der Waals surface area (Å²) in [6.45, 7) is 9.01. The number of nitrogens with zero attached hydrogens (tertiary/aromatic N) is 3. The Balaban J connectivity index is 1.73. The monoisotopic (exact) mass is 400 g/mol. The Kier molecular flexibility index (Phi) is 5.28. The van der Waals surface area contributed by atoms with Gasteiger partial charge in [0.1, 0.15) is 11.4 Å². The summed E-state index contributed by atoms with van der Waals surface area (Å²) in [4.78, 5) is 30.7. The summed E-state index contributed by atoms with van der Waals surface area (Å²) in [5, 5.41) is 13.1. The summed E-state index contributed by atoms with van der Waals surface area (Å²) in [6, 6.07) is 8.70. The van der Waals surface area contributed by atoms with Gasteiger partial charge in [-0.05, 0) is 42.7 Å². The molecular formula is C22H20N6O2. The average molecular weight is 400 g/mol. The predicted molar refractivity (Wildman–Crippen MR) is 116 cm³/mol. The number of imidazole rings is 1. The topological polar surface area (TPSA) is 111 Å². The highest BCUT2D eigenvalue weighted by Gasteiger charge is 2.18. The Morgan fingerprint density at radius 1 is 1.33 bits per heavy atom. The second-order valence-corrected chi connectivity index (χ2v) is 7.04. The molecule has 8 nitrogen and oxygen atoms in total. The van der Waals surface area contributed by atoms with Gasteiger partial charge < -0.3 is 20.4 Å². The molecule has 0 fully saturated rings. The van der Waals surface area contributed by atoms with Gasteiger partial charge in [0.15, 0.2) is 5.69 Å². The van der Waals surface area contributed by atoms with Crippen molar-refractivity contribution >= 4 is 22.4 Å². The van der Waals surface area contributed by atoms with Gasteiger partial charge in [-0.3, -0.25) is 9.78 Å². The van der Waals surface area contributed by atoms with E-state index in [2.05, 4.69) is 30.1 Å². The number of rotatable bonds is 6. The maximum atomic E-state index is 12.7. The first-order valence-corrected chi connectivity index (χ1v) is 9.45. The third kappa shape index (κ3) is 3.79. The molecule has 0 saturated carbocycles. The summed E-state index contributed by atoms with van der Waals surface area (Å²) in [7, 11) is 0. The molecule has 1 atom stereocenters. The van der Waals surface area contributed by atoms with Crippen LogP contribution < -0.4 is 10.9 Å². The number of H-pyrrole nitrogens is 2. The third-order valence-electron chi connectivity index (χ3n) is 4.87. The van der Waals surface area contributed by atoms with Crippen LogP contribution in [0.1, 0.15) is 11.1 Å². The second-order valence-electron chi connectivity index (χ2n) is 7.04. The fraction of sp³-hybridized carbons (Fsp3) is 0.182. The van der Waals surface area contributed by atoms with Crippen molar-refractivity contribution in [1.29, 1.82) is 0 Å². The van der Waals surface area contributed by atoms with Crippen molar-refractivity contribution in [3.8, 4) is 11.4 Å². The van der Waals surface area contributed by atoms with E-state index >= 15 is 0 Å². The molecule has 3 heterocycles. The lowest BCUT2D eigenvalue weighted by atomic mass is 10.1. The van der Waals surface area contributed by atoms with Crippen LogP contribution in [0.5, 0.6) is 0 Å².